The standard InChI is InChI=1S/C6H6O3/c1-4-2-3-5(7)9-6(4)8/h4H,3H2,1H3. The second-order valence-electron chi connectivity index (χ2n) is 1.90. The average Bonchev–Trinajstić information content (AvgIpc) is 1.80. The minimum absolute atomic E-state index is 0.132. The van der Waals surface area contributed by atoms with Crippen LogP contribution in [0.4, 0.5) is 0 Å². The highest BCUT2D eigenvalue weighted by atomic mass is 16.6. The van der Waals surface area contributed by atoms with Gasteiger partial charge in [0.2, 0.25) is 0 Å². The van der Waals surface area contributed by atoms with Crippen LogP contribution in [0.1, 0.15) is 13.3 Å². The van der Waals surface area contributed by atoms with Gasteiger partial charge >= 0.3 is 11.9 Å². The Labute approximate surface area is 53.0 Å². The summed E-state index contributed by atoms with van der Waals surface area (Å²) >= 11 is 0. The van der Waals surface area contributed by atoms with Crippen LogP contribution in [0.25, 0.3) is 0 Å². The first-order valence-corrected chi connectivity index (χ1v) is 2.68. The minimum Gasteiger partial charge on any atom is -0.393 e. The molecule has 1 saturated heterocycles. The highest BCUT2D eigenvalue weighted by Gasteiger charge is 2.25. The second kappa shape index (κ2) is 2.17. The Morgan fingerprint density at radius 1 is 1.67 bits per heavy atom. The van der Waals surface area contributed by atoms with Crippen molar-refractivity contribution in [1.29, 1.82) is 0 Å². The third-order valence-corrected chi connectivity index (χ3v) is 1.12. The van der Waals surface area contributed by atoms with E-state index < -0.39 is 11.9 Å². The highest BCUT2D eigenvalue weighted by Crippen LogP contribution is 2.13. The lowest BCUT2D eigenvalue weighted by Crippen LogP contribution is -2.25. The maximum absolute atomic E-state index is 10.5. The Hall–Kier alpha value is -0.860. The van der Waals surface area contributed by atoms with Crippen LogP contribution in [0.5, 0.6) is 0 Å². The van der Waals surface area contributed by atoms with Crippen LogP contribution in [0, 0.1) is 12.3 Å². The largest absolute Gasteiger partial charge is 0.393 e. The van der Waals surface area contributed by atoms with Gasteiger partial charge in [0, 0.05) is 6.42 Å². The molecule has 0 aromatic heterocycles. The van der Waals surface area contributed by atoms with Crippen molar-refractivity contribution < 1.29 is 14.3 Å². The van der Waals surface area contributed by atoms with Crippen molar-refractivity contribution in [2.75, 3.05) is 0 Å². The summed E-state index contributed by atoms with van der Waals surface area (Å²) in [5, 5.41) is 0. The first kappa shape index (κ1) is 6.26. The zero-order chi connectivity index (χ0) is 6.85. The molecule has 3 nitrogen and oxygen atoms in total. The van der Waals surface area contributed by atoms with E-state index in [0.717, 1.165) is 0 Å². The van der Waals surface area contributed by atoms with Crippen LogP contribution in [-0.4, -0.2) is 11.9 Å². The summed E-state index contributed by atoms with van der Waals surface area (Å²) in [5.41, 5.74) is 0. The molecular formula is C6H6O3. The third-order valence-electron chi connectivity index (χ3n) is 1.12. The summed E-state index contributed by atoms with van der Waals surface area (Å²) in [6.45, 7) is 1.65. The number of ether oxygens (including phenoxy) is 1. The molecule has 1 fully saturated rings. The number of rotatable bonds is 0. The van der Waals surface area contributed by atoms with Gasteiger partial charge in [-0.2, -0.15) is 0 Å². The van der Waals surface area contributed by atoms with Crippen molar-refractivity contribution in [1.82, 2.24) is 0 Å². The van der Waals surface area contributed by atoms with Crippen molar-refractivity contribution in [3.05, 3.63) is 6.42 Å². The monoisotopic (exact) mass is 126 g/mol. The molecule has 0 spiro atoms. The van der Waals surface area contributed by atoms with Crippen molar-refractivity contribution in [2.24, 2.45) is 5.92 Å². The van der Waals surface area contributed by atoms with Gasteiger partial charge in [0.05, 0.1) is 12.3 Å². The molecule has 0 bridgehead atoms. The normalized spacial score (nSPS) is 27.9. The van der Waals surface area contributed by atoms with Gasteiger partial charge in [-0.05, 0) is 0 Å². The fourth-order valence-electron chi connectivity index (χ4n) is 0.556. The van der Waals surface area contributed by atoms with Crippen molar-refractivity contribution in [3.8, 4) is 0 Å². The molecule has 1 aliphatic heterocycles. The molecule has 0 aliphatic carbocycles. The summed E-state index contributed by atoms with van der Waals surface area (Å²) in [5.74, 6) is -1.34. The van der Waals surface area contributed by atoms with E-state index >= 15 is 0 Å². The number of cyclic esters (lactones) is 2. The first-order valence-electron chi connectivity index (χ1n) is 2.68. The smallest absolute Gasteiger partial charge is 0.316 e. The summed E-state index contributed by atoms with van der Waals surface area (Å²) < 4.78 is 4.26. The fraction of sp³-hybridized carbons (Fsp3) is 0.500. The molecule has 1 atom stereocenters. The average molecular weight is 126 g/mol. The van der Waals surface area contributed by atoms with Gasteiger partial charge in [-0.1, -0.05) is 6.92 Å². The van der Waals surface area contributed by atoms with Gasteiger partial charge < -0.3 is 4.74 Å². The van der Waals surface area contributed by atoms with Crippen LogP contribution >= 0.6 is 0 Å². The SMILES string of the molecule is CC1[C]CC(=O)OC1=O. The van der Waals surface area contributed by atoms with E-state index in [1.807, 2.05) is 0 Å². The van der Waals surface area contributed by atoms with Gasteiger partial charge in [-0.15, -0.1) is 0 Å². The molecule has 0 amide bonds. The number of carbonyl (C=O) groups is 2. The Morgan fingerprint density at radius 2 is 2.33 bits per heavy atom. The van der Waals surface area contributed by atoms with E-state index in [1.54, 1.807) is 6.92 Å². The highest BCUT2D eigenvalue weighted by molar-refractivity contribution is 5.91. The summed E-state index contributed by atoms with van der Waals surface area (Å²) in [7, 11) is 0. The lowest BCUT2D eigenvalue weighted by Gasteiger charge is -2.13. The lowest BCUT2D eigenvalue weighted by molar-refractivity contribution is -0.164. The Kier molecular flexibility index (Phi) is 1.51. The van der Waals surface area contributed by atoms with Gasteiger partial charge in [-0.3, -0.25) is 9.59 Å². The molecule has 1 aliphatic rings. The van der Waals surface area contributed by atoms with Gasteiger partial charge in [-0.25, -0.2) is 0 Å². The molecular weight excluding hydrogens is 120 g/mol. The van der Waals surface area contributed by atoms with Crippen molar-refractivity contribution >= 4 is 11.9 Å². The molecule has 1 rings (SSSR count). The van der Waals surface area contributed by atoms with E-state index in [-0.39, 0.29) is 12.3 Å². The molecule has 2 radical (unpaired) electrons. The van der Waals surface area contributed by atoms with Crippen LogP contribution in [0.3, 0.4) is 0 Å². The van der Waals surface area contributed by atoms with E-state index in [4.69, 9.17) is 0 Å². The molecule has 0 saturated carbocycles. The second-order valence-corrected chi connectivity index (χ2v) is 1.90. The summed E-state index contributed by atoms with van der Waals surface area (Å²) in [4.78, 5) is 20.8. The van der Waals surface area contributed by atoms with Gasteiger partial charge in [0.15, 0.2) is 0 Å². The molecule has 9 heavy (non-hydrogen) atoms. The maximum atomic E-state index is 10.5. The number of hydrogen-bond donors (Lipinski definition) is 0. The molecule has 0 N–H and O–H groups in total. The van der Waals surface area contributed by atoms with E-state index in [2.05, 4.69) is 11.2 Å². The first-order chi connectivity index (χ1) is 4.20. The number of hydrogen-bond acceptors (Lipinski definition) is 3. The summed E-state index contributed by atoms with van der Waals surface area (Å²) in [6, 6.07) is 0. The van der Waals surface area contributed by atoms with E-state index in [0.29, 0.717) is 0 Å². The van der Waals surface area contributed by atoms with Gasteiger partial charge in [0.25, 0.3) is 0 Å². The zero-order valence-electron chi connectivity index (χ0n) is 5.01. The maximum Gasteiger partial charge on any atom is 0.316 e. The predicted molar refractivity (Wildman–Crippen MR) is 28.1 cm³/mol. The van der Waals surface area contributed by atoms with Crippen molar-refractivity contribution in [2.45, 2.75) is 13.3 Å². The van der Waals surface area contributed by atoms with Crippen molar-refractivity contribution in [3.63, 3.8) is 0 Å². The Bertz CT molecular complexity index is 150. The molecule has 3 heteroatoms. The Balaban J connectivity index is 2.54. The minimum atomic E-state index is -0.502. The number of carbonyl (C=O) groups excluding carboxylic acids is 2. The van der Waals surface area contributed by atoms with E-state index in [1.165, 1.54) is 0 Å². The van der Waals surface area contributed by atoms with Gasteiger partial charge in [0.1, 0.15) is 0 Å². The van der Waals surface area contributed by atoms with E-state index in [9.17, 15) is 9.59 Å². The molecule has 1 heterocycles. The molecule has 0 aromatic rings. The lowest BCUT2D eigenvalue weighted by atomic mass is 10.0. The third kappa shape index (κ3) is 1.28. The van der Waals surface area contributed by atoms with Crippen LogP contribution < -0.4 is 0 Å². The zero-order valence-corrected chi connectivity index (χ0v) is 5.01. The number of esters is 2. The fourth-order valence-corrected chi connectivity index (χ4v) is 0.556. The quantitative estimate of drug-likeness (QED) is 0.343. The topological polar surface area (TPSA) is 43.4 Å². The Morgan fingerprint density at radius 3 is 2.78 bits per heavy atom. The molecule has 1 unspecified atom stereocenters. The van der Waals surface area contributed by atoms with Crippen LogP contribution in [-0.2, 0) is 14.3 Å². The summed E-state index contributed by atoms with van der Waals surface area (Å²) in [6.07, 6.45) is 2.79. The van der Waals surface area contributed by atoms with Crippen LogP contribution in [0.2, 0.25) is 0 Å². The molecule has 48 valence electrons. The molecule has 0 aromatic carbocycles. The van der Waals surface area contributed by atoms with Crippen LogP contribution in [0.15, 0.2) is 0 Å². The predicted octanol–water partition coefficient (Wildman–Crippen LogP) is 0.177.